The highest BCUT2D eigenvalue weighted by molar-refractivity contribution is 5.71. The number of nitrogens with zero attached hydrogens (tertiary/aromatic N) is 1. The normalized spacial score (nSPS) is 10.4. The van der Waals surface area contributed by atoms with E-state index in [-0.39, 0.29) is 0 Å². The summed E-state index contributed by atoms with van der Waals surface area (Å²) < 4.78 is 10.3. The molecule has 0 aliphatic carbocycles. The van der Waals surface area contributed by atoms with Crippen LogP contribution in [0.1, 0.15) is 6.92 Å². The zero-order valence-corrected chi connectivity index (χ0v) is 6.70. The van der Waals surface area contributed by atoms with Crippen LogP contribution in [-0.2, 0) is 0 Å². The molecular formula is C9H8NO2. The van der Waals surface area contributed by atoms with Gasteiger partial charge in [0.1, 0.15) is 5.52 Å². The summed E-state index contributed by atoms with van der Waals surface area (Å²) in [4.78, 5) is 4.06. The molecule has 1 radical (unpaired) electrons. The van der Waals surface area contributed by atoms with Gasteiger partial charge in [-0.15, -0.1) is 0 Å². The van der Waals surface area contributed by atoms with Gasteiger partial charge >= 0.3 is 6.08 Å². The number of aromatic nitrogens is 1. The predicted octanol–water partition coefficient (Wildman–Crippen LogP) is 2.03. The molecule has 0 N–H and O–H groups in total. The Hall–Kier alpha value is -1.51. The molecule has 0 bridgehead atoms. The Morgan fingerprint density at radius 1 is 1.67 bits per heavy atom. The second kappa shape index (κ2) is 2.85. The van der Waals surface area contributed by atoms with Crippen molar-refractivity contribution in [2.24, 2.45) is 0 Å². The van der Waals surface area contributed by atoms with Gasteiger partial charge in [0.25, 0.3) is 0 Å². The molecule has 3 nitrogen and oxygen atoms in total. The van der Waals surface area contributed by atoms with Crippen LogP contribution in [0.3, 0.4) is 0 Å². The SMILES string of the molecule is CCOc1nc2[c]cccc2o1. The molecule has 1 heterocycles. The minimum atomic E-state index is 0.315. The molecule has 3 heteroatoms. The molecule has 0 atom stereocenters. The first-order valence-corrected chi connectivity index (χ1v) is 3.80. The van der Waals surface area contributed by atoms with Crippen molar-refractivity contribution < 1.29 is 9.15 Å². The lowest BCUT2D eigenvalue weighted by atomic mass is 10.3. The van der Waals surface area contributed by atoms with E-state index in [1.165, 1.54) is 0 Å². The van der Waals surface area contributed by atoms with Crippen LogP contribution in [0.15, 0.2) is 22.6 Å². The van der Waals surface area contributed by atoms with Gasteiger partial charge < -0.3 is 9.15 Å². The molecule has 2 aromatic rings. The van der Waals surface area contributed by atoms with Crippen LogP contribution < -0.4 is 4.74 Å². The molecule has 1 aromatic heterocycles. The van der Waals surface area contributed by atoms with Crippen molar-refractivity contribution in [3.63, 3.8) is 0 Å². The van der Waals surface area contributed by atoms with E-state index < -0.39 is 0 Å². The van der Waals surface area contributed by atoms with Crippen molar-refractivity contribution >= 4 is 11.1 Å². The van der Waals surface area contributed by atoms with E-state index in [4.69, 9.17) is 9.15 Å². The maximum Gasteiger partial charge on any atom is 0.394 e. The second-order valence-electron chi connectivity index (χ2n) is 2.30. The molecule has 12 heavy (non-hydrogen) atoms. The minimum Gasteiger partial charge on any atom is -0.450 e. The third-order valence-electron chi connectivity index (χ3n) is 1.47. The summed E-state index contributed by atoms with van der Waals surface area (Å²) in [6.07, 6.45) is 0.315. The standard InChI is InChI=1S/C9H8NO2/c1-2-11-9-10-7-5-3-4-6-8(7)12-9/h3-4,6H,2H2,1H3. The van der Waals surface area contributed by atoms with Gasteiger partial charge in [-0.1, -0.05) is 12.1 Å². The first-order chi connectivity index (χ1) is 5.90. The Labute approximate surface area is 70.0 Å². The van der Waals surface area contributed by atoms with Crippen LogP contribution in [0.5, 0.6) is 6.08 Å². The molecule has 1 aromatic carbocycles. The van der Waals surface area contributed by atoms with E-state index >= 15 is 0 Å². The largest absolute Gasteiger partial charge is 0.450 e. The van der Waals surface area contributed by atoms with Crippen molar-refractivity contribution in [1.29, 1.82) is 0 Å². The Morgan fingerprint density at radius 3 is 3.33 bits per heavy atom. The van der Waals surface area contributed by atoms with E-state index in [1.54, 1.807) is 6.07 Å². The first-order valence-electron chi connectivity index (χ1n) is 3.80. The van der Waals surface area contributed by atoms with Crippen LogP contribution >= 0.6 is 0 Å². The molecule has 0 aliphatic rings. The summed E-state index contributed by atoms with van der Waals surface area (Å²) in [7, 11) is 0. The number of oxazole rings is 1. The first kappa shape index (κ1) is 7.16. The van der Waals surface area contributed by atoms with Crippen LogP contribution in [0.2, 0.25) is 0 Å². The fourth-order valence-electron chi connectivity index (χ4n) is 0.976. The van der Waals surface area contributed by atoms with E-state index in [0.717, 1.165) is 0 Å². The molecule has 0 saturated heterocycles. The molecule has 2 rings (SSSR count). The van der Waals surface area contributed by atoms with Crippen LogP contribution in [-0.4, -0.2) is 11.6 Å². The van der Waals surface area contributed by atoms with Crippen molar-refractivity contribution in [1.82, 2.24) is 4.98 Å². The molecule has 0 fully saturated rings. The quantitative estimate of drug-likeness (QED) is 0.677. The summed E-state index contributed by atoms with van der Waals surface area (Å²) in [5, 5.41) is 0. The fourth-order valence-corrected chi connectivity index (χ4v) is 0.976. The summed E-state index contributed by atoms with van der Waals surface area (Å²) in [5.74, 6) is 0. The molecular weight excluding hydrogens is 154 g/mol. The maximum absolute atomic E-state index is 5.24. The molecule has 61 valence electrons. The lowest BCUT2D eigenvalue weighted by Gasteiger charge is -1.91. The average Bonchev–Trinajstić information content (AvgIpc) is 2.47. The summed E-state index contributed by atoms with van der Waals surface area (Å²) >= 11 is 0. The Balaban J connectivity index is 2.47. The molecule has 0 saturated carbocycles. The number of hydrogen-bond acceptors (Lipinski definition) is 3. The highest BCUT2D eigenvalue weighted by Gasteiger charge is 2.03. The van der Waals surface area contributed by atoms with Gasteiger partial charge in [0.05, 0.1) is 6.61 Å². The number of para-hydroxylation sites is 1. The van der Waals surface area contributed by atoms with E-state index in [0.29, 0.717) is 23.8 Å². The third-order valence-corrected chi connectivity index (χ3v) is 1.47. The van der Waals surface area contributed by atoms with Crippen molar-refractivity contribution in [2.75, 3.05) is 6.61 Å². The Bertz CT molecular complexity index is 348. The van der Waals surface area contributed by atoms with Gasteiger partial charge in [-0.05, 0) is 13.0 Å². The topological polar surface area (TPSA) is 35.3 Å². The van der Waals surface area contributed by atoms with Crippen LogP contribution in [0.4, 0.5) is 0 Å². The van der Waals surface area contributed by atoms with Gasteiger partial charge in [0.15, 0.2) is 5.58 Å². The van der Waals surface area contributed by atoms with Gasteiger partial charge in [-0.3, -0.25) is 0 Å². The number of fused-ring (bicyclic) bond motifs is 1. The minimum absolute atomic E-state index is 0.315. The van der Waals surface area contributed by atoms with Crippen LogP contribution in [0, 0.1) is 6.07 Å². The van der Waals surface area contributed by atoms with E-state index in [1.807, 2.05) is 19.1 Å². The van der Waals surface area contributed by atoms with Gasteiger partial charge in [0, 0.05) is 6.07 Å². The van der Waals surface area contributed by atoms with Crippen molar-refractivity contribution in [3.05, 3.63) is 24.3 Å². The fraction of sp³-hybridized carbons (Fsp3) is 0.222. The number of benzene rings is 1. The molecule has 0 spiro atoms. The third kappa shape index (κ3) is 1.13. The summed E-state index contributed by atoms with van der Waals surface area (Å²) in [5.41, 5.74) is 1.42. The molecule has 0 aliphatic heterocycles. The van der Waals surface area contributed by atoms with E-state index in [2.05, 4.69) is 11.1 Å². The average molecular weight is 162 g/mol. The van der Waals surface area contributed by atoms with Crippen molar-refractivity contribution in [2.45, 2.75) is 6.92 Å². The lowest BCUT2D eigenvalue weighted by molar-refractivity contribution is 0.251. The zero-order valence-electron chi connectivity index (χ0n) is 6.70. The Morgan fingerprint density at radius 2 is 2.58 bits per heavy atom. The van der Waals surface area contributed by atoms with Gasteiger partial charge in [-0.2, -0.15) is 4.98 Å². The highest BCUT2D eigenvalue weighted by atomic mass is 16.6. The molecule has 0 amide bonds. The van der Waals surface area contributed by atoms with Crippen LogP contribution in [0.25, 0.3) is 11.1 Å². The predicted molar refractivity (Wildman–Crippen MR) is 44.0 cm³/mol. The number of ether oxygens (including phenoxy) is 1. The Kier molecular flexibility index (Phi) is 1.70. The highest BCUT2D eigenvalue weighted by Crippen LogP contribution is 2.18. The monoisotopic (exact) mass is 162 g/mol. The second-order valence-corrected chi connectivity index (χ2v) is 2.30. The smallest absolute Gasteiger partial charge is 0.394 e. The van der Waals surface area contributed by atoms with Gasteiger partial charge in [-0.25, -0.2) is 0 Å². The maximum atomic E-state index is 5.24. The number of hydrogen-bond donors (Lipinski definition) is 0. The van der Waals surface area contributed by atoms with Gasteiger partial charge in [0.2, 0.25) is 0 Å². The summed E-state index contributed by atoms with van der Waals surface area (Å²) in [6, 6.07) is 8.42. The van der Waals surface area contributed by atoms with Crippen molar-refractivity contribution in [3.8, 4) is 6.08 Å². The van der Waals surface area contributed by atoms with E-state index in [9.17, 15) is 0 Å². The number of rotatable bonds is 2. The lowest BCUT2D eigenvalue weighted by Crippen LogP contribution is -1.89. The zero-order chi connectivity index (χ0) is 8.39. The summed E-state index contributed by atoms with van der Waals surface area (Å²) in [6.45, 7) is 2.45. The molecule has 0 unspecified atom stereocenters.